The third-order valence-electron chi connectivity index (χ3n) is 3.22. The molecule has 0 saturated heterocycles. The van der Waals surface area contributed by atoms with Crippen LogP contribution >= 0.6 is 0 Å². The quantitative estimate of drug-likeness (QED) is 0.584. The van der Waals surface area contributed by atoms with Gasteiger partial charge in [0.15, 0.2) is 5.96 Å². The molecule has 0 spiro atoms. The number of rotatable bonds is 3. The minimum absolute atomic E-state index is 0.183. The Labute approximate surface area is 102 Å². The topological polar surface area (TPSA) is 67.6 Å². The van der Waals surface area contributed by atoms with Gasteiger partial charge in [0.1, 0.15) is 0 Å². The van der Waals surface area contributed by atoms with Crippen molar-refractivity contribution < 1.29 is 0 Å². The molecule has 0 fully saturated rings. The van der Waals surface area contributed by atoms with E-state index in [0.29, 0.717) is 6.54 Å². The van der Waals surface area contributed by atoms with Crippen molar-refractivity contribution in [3.05, 3.63) is 35.4 Å². The van der Waals surface area contributed by atoms with Gasteiger partial charge in [0, 0.05) is 19.6 Å². The van der Waals surface area contributed by atoms with Gasteiger partial charge in [-0.3, -0.25) is 4.99 Å². The van der Waals surface area contributed by atoms with Gasteiger partial charge in [0.25, 0.3) is 0 Å². The molecule has 0 bridgehead atoms. The van der Waals surface area contributed by atoms with Gasteiger partial charge in [0.05, 0.1) is 6.54 Å². The summed E-state index contributed by atoms with van der Waals surface area (Å²) < 4.78 is 0. The summed E-state index contributed by atoms with van der Waals surface area (Å²) in [5, 5.41) is 0. The highest BCUT2D eigenvalue weighted by atomic mass is 15.1. The zero-order valence-corrected chi connectivity index (χ0v) is 10.1. The average molecular weight is 232 g/mol. The van der Waals surface area contributed by atoms with Crippen LogP contribution in [-0.4, -0.2) is 37.0 Å². The zero-order chi connectivity index (χ0) is 12.1. The van der Waals surface area contributed by atoms with Crippen LogP contribution in [-0.2, 0) is 12.8 Å². The third kappa shape index (κ3) is 3.46. The van der Waals surface area contributed by atoms with Crippen molar-refractivity contribution in [3.63, 3.8) is 0 Å². The predicted octanol–water partition coefficient (Wildman–Crippen LogP) is 0.361. The maximum absolute atomic E-state index is 5.32. The summed E-state index contributed by atoms with van der Waals surface area (Å²) in [4.78, 5) is 6.45. The van der Waals surface area contributed by atoms with Crippen molar-refractivity contribution in [2.24, 2.45) is 16.5 Å². The number of hydrogen-bond donors (Lipinski definition) is 2. The molecule has 1 aromatic rings. The Morgan fingerprint density at radius 1 is 1.12 bits per heavy atom. The molecule has 1 aliphatic rings. The lowest BCUT2D eigenvalue weighted by Gasteiger charge is -2.18. The molecule has 92 valence electrons. The number of benzene rings is 1. The molecule has 17 heavy (non-hydrogen) atoms. The summed E-state index contributed by atoms with van der Waals surface area (Å²) in [5.74, 6) is 0.183. The van der Waals surface area contributed by atoms with Crippen LogP contribution in [0.1, 0.15) is 11.1 Å². The van der Waals surface area contributed by atoms with E-state index in [-0.39, 0.29) is 5.96 Å². The van der Waals surface area contributed by atoms with E-state index in [1.54, 1.807) is 0 Å². The smallest absolute Gasteiger partial charge is 0.185 e. The first kappa shape index (κ1) is 11.9. The van der Waals surface area contributed by atoms with Gasteiger partial charge in [-0.2, -0.15) is 0 Å². The van der Waals surface area contributed by atoms with E-state index in [9.17, 15) is 0 Å². The van der Waals surface area contributed by atoms with Crippen LogP contribution in [0.15, 0.2) is 29.3 Å². The zero-order valence-electron chi connectivity index (χ0n) is 10.1. The van der Waals surface area contributed by atoms with Gasteiger partial charge in [-0.25, -0.2) is 0 Å². The standard InChI is InChI=1S/C13H20N4/c14-13(15)16-7-10-17-8-5-11-3-1-2-4-12(11)6-9-17/h1-4H,5-10H2,(H4,14,15,16). The van der Waals surface area contributed by atoms with Crippen LogP contribution in [0.5, 0.6) is 0 Å². The molecule has 4 heteroatoms. The van der Waals surface area contributed by atoms with Crippen molar-refractivity contribution >= 4 is 5.96 Å². The SMILES string of the molecule is NC(N)=NCCN1CCc2ccccc2CC1. The predicted molar refractivity (Wildman–Crippen MR) is 71.0 cm³/mol. The lowest BCUT2D eigenvalue weighted by molar-refractivity contribution is 0.296. The van der Waals surface area contributed by atoms with Crippen LogP contribution < -0.4 is 11.5 Å². The highest BCUT2D eigenvalue weighted by molar-refractivity contribution is 5.75. The molecule has 0 aromatic heterocycles. The molecule has 0 saturated carbocycles. The normalized spacial score (nSPS) is 16.0. The molecule has 0 unspecified atom stereocenters. The number of aliphatic imine (C=N–C) groups is 1. The van der Waals surface area contributed by atoms with Crippen LogP contribution in [0.3, 0.4) is 0 Å². The van der Waals surface area contributed by atoms with Crippen molar-refractivity contribution in [1.29, 1.82) is 0 Å². The summed E-state index contributed by atoms with van der Waals surface area (Å²) in [6.07, 6.45) is 2.25. The Hall–Kier alpha value is -1.55. The Morgan fingerprint density at radius 3 is 2.24 bits per heavy atom. The van der Waals surface area contributed by atoms with E-state index < -0.39 is 0 Å². The maximum Gasteiger partial charge on any atom is 0.185 e. The van der Waals surface area contributed by atoms with E-state index in [4.69, 9.17) is 11.5 Å². The molecule has 1 heterocycles. The second-order valence-corrected chi connectivity index (χ2v) is 4.42. The van der Waals surface area contributed by atoms with Crippen molar-refractivity contribution in [1.82, 2.24) is 4.90 Å². The monoisotopic (exact) mass is 232 g/mol. The summed E-state index contributed by atoms with van der Waals surface area (Å²) in [7, 11) is 0. The lowest BCUT2D eigenvalue weighted by atomic mass is 10.0. The minimum atomic E-state index is 0.183. The van der Waals surface area contributed by atoms with Gasteiger partial charge < -0.3 is 16.4 Å². The molecule has 0 radical (unpaired) electrons. The molecule has 0 atom stereocenters. The van der Waals surface area contributed by atoms with Crippen LogP contribution in [0, 0.1) is 0 Å². The van der Waals surface area contributed by atoms with Crippen molar-refractivity contribution in [2.75, 3.05) is 26.2 Å². The molecule has 4 N–H and O–H groups in total. The first-order valence-corrected chi connectivity index (χ1v) is 6.10. The molecule has 0 amide bonds. The average Bonchev–Trinajstić information content (AvgIpc) is 2.52. The van der Waals surface area contributed by atoms with Crippen molar-refractivity contribution in [2.45, 2.75) is 12.8 Å². The summed E-state index contributed by atoms with van der Waals surface area (Å²) in [5.41, 5.74) is 13.6. The third-order valence-corrected chi connectivity index (χ3v) is 3.22. The number of nitrogens with zero attached hydrogens (tertiary/aromatic N) is 2. The fraction of sp³-hybridized carbons (Fsp3) is 0.462. The summed E-state index contributed by atoms with van der Waals surface area (Å²) >= 11 is 0. The van der Waals surface area contributed by atoms with Crippen LogP contribution in [0.4, 0.5) is 0 Å². The molecule has 0 aliphatic carbocycles. The van der Waals surface area contributed by atoms with Gasteiger partial charge in [0.2, 0.25) is 0 Å². The molecule has 1 aliphatic heterocycles. The highest BCUT2D eigenvalue weighted by Gasteiger charge is 2.12. The van der Waals surface area contributed by atoms with Crippen LogP contribution in [0.2, 0.25) is 0 Å². The number of fused-ring (bicyclic) bond motifs is 1. The molecular weight excluding hydrogens is 212 g/mol. The van der Waals surface area contributed by atoms with Gasteiger partial charge in [-0.1, -0.05) is 24.3 Å². The number of guanidine groups is 1. The van der Waals surface area contributed by atoms with E-state index in [0.717, 1.165) is 32.5 Å². The second kappa shape index (κ2) is 5.68. The van der Waals surface area contributed by atoms with Gasteiger partial charge in [-0.15, -0.1) is 0 Å². The fourth-order valence-corrected chi connectivity index (χ4v) is 2.26. The lowest BCUT2D eigenvalue weighted by Crippen LogP contribution is -2.30. The second-order valence-electron chi connectivity index (χ2n) is 4.42. The number of nitrogens with two attached hydrogens (primary N) is 2. The molecular formula is C13H20N4. The highest BCUT2D eigenvalue weighted by Crippen LogP contribution is 2.15. The molecule has 4 nitrogen and oxygen atoms in total. The Bertz CT molecular complexity index is 369. The Balaban J connectivity index is 1.89. The first-order chi connectivity index (χ1) is 8.25. The van der Waals surface area contributed by atoms with Crippen LogP contribution in [0.25, 0.3) is 0 Å². The molecule has 2 rings (SSSR count). The van der Waals surface area contributed by atoms with E-state index >= 15 is 0 Å². The van der Waals surface area contributed by atoms with Gasteiger partial charge in [-0.05, 0) is 24.0 Å². The van der Waals surface area contributed by atoms with E-state index in [1.807, 2.05) is 0 Å². The molecule has 1 aromatic carbocycles. The summed E-state index contributed by atoms with van der Waals surface area (Å²) in [6, 6.07) is 8.70. The Morgan fingerprint density at radius 2 is 1.71 bits per heavy atom. The number of hydrogen-bond acceptors (Lipinski definition) is 2. The van der Waals surface area contributed by atoms with Crippen molar-refractivity contribution in [3.8, 4) is 0 Å². The maximum atomic E-state index is 5.32. The first-order valence-electron chi connectivity index (χ1n) is 6.10. The largest absolute Gasteiger partial charge is 0.370 e. The fourth-order valence-electron chi connectivity index (χ4n) is 2.26. The van der Waals surface area contributed by atoms with Gasteiger partial charge >= 0.3 is 0 Å². The van der Waals surface area contributed by atoms with E-state index in [1.165, 1.54) is 11.1 Å². The summed E-state index contributed by atoms with van der Waals surface area (Å²) in [6.45, 7) is 3.82. The Kier molecular flexibility index (Phi) is 3.98. The minimum Gasteiger partial charge on any atom is -0.370 e. The van der Waals surface area contributed by atoms with E-state index in [2.05, 4.69) is 34.2 Å².